The number of amides is 2. The van der Waals surface area contributed by atoms with Crippen LogP contribution >= 0.6 is 11.6 Å². The number of nitrogens with one attached hydrogen (secondary N) is 2. The predicted molar refractivity (Wildman–Crippen MR) is 107 cm³/mol. The van der Waals surface area contributed by atoms with Crippen molar-refractivity contribution in [2.45, 2.75) is 24.5 Å². The van der Waals surface area contributed by atoms with E-state index in [0.29, 0.717) is 29.0 Å². The van der Waals surface area contributed by atoms with Crippen molar-refractivity contribution in [3.63, 3.8) is 0 Å². The number of aliphatic hydroxyl groups is 1. The molecule has 0 saturated heterocycles. The van der Waals surface area contributed by atoms with E-state index in [1.54, 1.807) is 36.5 Å². The Bertz CT molecular complexity index is 1150. The van der Waals surface area contributed by atoms with Crippen LogP contribution in [0.5, 0.6) is 0 Å². The summed E-state index contributed by atoms with van der Waals surface area (Å²) >= 11 is 6.22. The number of rotatable bonds is 4. The molecule has 8 heteroatoms. The van der Waals surface area contributed by atoms with Gasteiger partial charge in [-0.2, -0.15) is 5.10 Å². The normalized spacial score (nSPS) is 27.6. The van der Waals surface area contributed by atoms with Crippen molar-refractivity contribution in [2.75, 3.05) is 0 Å². The molecule has 148 valence electrons. The molecule has 1 aromatic heterocycles. The molecule has 2 aliphatic carbocycles. The number of H-pyrrole nitrogens is 1. The summed E-state index contributed by atoms with van der Waals surface area (Å²) in [4.78, 5) is 23.9. The SMILES string of the molecule is NC(=O)c1cccc(C(=O)NC2[C@H]3C[C@](O)(c4cc(Cl)cc5[nH]ncc45)C[C@@H]23)c1. The second kappa shape index (κ2) is 6.30. The number of carbonyl (C=O) groups is 2. The Balaban J connectivity index is 1.31. The smallest absolute Gasteiger partial charge is 0.251 e. The average molecular weight is 411 g/mol. The van der Waals surface area contributed by atoms with Gasteiger partial charge in [0.05, 0.1) is 17.3 Å². The number of hydrogen-bond donors (Lipinski definition) is 4. The topological polar surface area (TPSA) is 121 Å². The van der Waals surface area contributed by atoms with Gasteiger partial charge in [-0.05, 0) is 60.6 Å². The molecule has 1 heterocycles. The van der Waals surface area contributed by atoms with Gasteiger partial charge in [-0.15, -0.1) is 0 Å². The molecule has 0 radical (unpaired) electrons. The quantitative estimate of drug-likeness (QED) is 0.527. The van der Waals surface area contributed by atoms with Crippen molar-refractivity contribution in [1.29, 1.82) is 0 Å². The number of halogens is 1. The Hall–Kier alpha value is -2.90. The number of primary amides is 1. The van der Waals surface area contributed by atoms with Gasteiger partial charge in [0.25, 0.3) is 5.91 Å². The highest BCUT2D eigenvalue weighted by Crippen LogP contribution is 2.60. The lowest BCUT2D eigenvalue weighted by Gasteiger charge is -2.27. The van der Waals surface area contributed by atoms with Crippen molar-refractivity contribution in [2.24, 2.45) is 17.6 Å². The molecule has 0 aliphatic heterocycles. The molecule has 4 atom stereocenters. The predicted octanol–water partition coefficient (Wildman–Crippen LogP) is 2.34. The van der Waals surface area contributed by atoms with Crippen LogP contribution in [0.4, 0.5) is 0 Å². The summed E-state index contributed by atoms with van der Waals surface area (Å²) in [6.07, 6.45) is 2.79. The van der Waals surface area contributed by atoms with Gasteiger partial charge in [0.2, 0.25) is 5.91 Å². The first kappa shape index (κ1) is 18.1. The molecule has 2 aliphatic rings. The molecule has 2 fully saturated rings. The van der Waals surface area contributed by atoms with Crippen molar-refractivity contribution in [1.82, 2.24) is 15.5 Å². The summed E-state index contributed by atoms with van der Waals surface area (Å²) in [7, 11) is 0. The van der Waals surface area contributed by atoms with E-state index in [2.05, 4.69) is 15.5 Å². The van der Waals surface area contributed by atoms with Crippen LogP contribution in [0.25, 0.3) is 10.9 Å². The molecule has 5 rings (SSSR count). The number of aromatic amines is 1. The van der Waals surface area contributed by atoms with Gasteiger partial charge in [0.15, 0.2) is 0 Å². The summed E-state index contributed by atoms with van der Waals surface area (Å²) in [5.41, 5.74) is 6.56. The van der Waals surface area contributed by atoms with Crippen molar-refractivity contribution in [3.8, 4) is 0 Å². The lowest BCUT2D eigenvalue weighted by Crippen LogP contribution is -2.33. The van der Waals surface area contributed by atoms with Crippen LogP contribution in [0.1, 0.15) is 39.1 Å². The van der Waals surface area contributed by atoms with Gasteiger partial charge in [0.1, 0.15) is 0 Å². The first-order valence-electron chi connectivity index (χ1n) is 9.42. The van der Waals surface area contributed by atoms with Crippen molar-refractivity contribution >= 4 is 34.3 Å². The van der Waals surface area contributed by atoms with Crippen LogP contribution in [0.15, 0.2) is 42.6 Å². The summed E-state index contributed by atoms with van der Waals surface area (Å²) in [5.74, 6) is -0.412. The fourth-order valence-electron chi connectivity index (χ4n) is 4.75. The van der Waals surface area contributed by atoms with Gasteiger partial charge < -0.3 is 16.2 Å². The van der Waals surface area contributed by atoms with Gasteiger partial charge >= 0.3 is 0 Å². The number of fused-ring (bicyclic) bond motifs is 2. The minimum absolute atomic E-state index is 0.0130. The van der Waals surface area contributed by atoms with Crippen molar-refractivity contribution in [3.05, 3.63) is 64.3 Å². The van der Waals surface area contributed by atoms with E-state index in [0.717, 1.165) is 16.5 Å². The van der Waals surface area contributed by atoms with Crippen LogP contribution in [0.3, 0.4) is 0 Å². The molecule has 3 aromatic rings. The second-order valence-electron chi connectivity index (χ2n) is 8.00. The number of aromatic nitrogens is 2. The van der Waals surface area contributed by atoms with Crippen molar-refractivity contribution < 1.29 is 14.7 Å². The zero-order valence-corrected chi connectivity index (χ0v) is 16.1. The van der Waals surface area contributed by atoms with E-state index in [1.807, 2.05) is 0 Å². The Kier molecular flexibility index (Phi) is 3.94. The minimum Gasteiger partial charge on any atom is -0.385 e. The van der Waals surface area contributed by atoms with E-state index in [1.165, 1.54) is 6.07 Å². The van der Waals surface area contributed by atoms with Crippen LogP contribution in [-0.4, -0.2) is 33.2 Å². The van der Waals surface area contributed by atoms with E-state index in [4.69, 9.17) is 17.3 Å². The first-order chi connectivity index (χ1) is 13.9. The molecule has 0 bridgehead atoms. The summed E-state index contributed by atoms with van der Waals surface area (Å²) < 4.78 is 0. The highest BCUT2D eigenvalue weighted by Gasteiger charge is 2.62. The molecule has 29 heavy (non-hydrogen) atoms. The van der Waals surface area contributed by atoms with E-state index < -0.39 is 11.5 Å². The first-order valence-corrected chi connectivity index (χ1v) is 9.80. The second-order valence-corrected chi connectivity index (χ2v) is 8.43. The highest BCUT2D eigenvalue weighted by molar-refractivity contribution is 6.31. The van der Waals surface area contributed by atoms with E-state index in [9.17, 15) is 14.7 Å². The molecule has 5 N–H and O–H groups in total. The number of benzene rings is 2. The number of carbonyl (C=O) groups excluding carboxylic acids is 2. The number of hydrogen-bond acceptors (Lipinski definition) is 4. The average Bonchev–Trinajstić information content (AvgIpc) is 3.05. The summed E-state index contributed by atoms with van der Waals surface area (Å²) in [6.45, 7) is 0. The Labute approximate surface area is 171 Å². The molecular formula is C21H19ClN4O3. The third-order valence-corrected chi connectivity index (χ3v) is 6.43. The third-order valence-electron chi connectivity index (χ3n) is 6.21. The van der Waals surface area contributed by atoms with Crippen LogP contribution in [0.2, 0.25) is 5.02 Å². The largest absolute Gasteiger partial charge is 0.385 e. The van der Waals surface area contributed by atoms with Gasteiger partial charge in [-0.25, -0.2) is 0 Å². The molecular weight excluding hydrogens is 392 g/mol. The Morgan fingerprint density at radius 1 is 1.21 bits per heavy atom. The van der Waals surface area contributed by atoms with Crippen LogP contribution < -0.4 is 11.1 Å². The number of nitrogens with two attached hydrogens (primary N) is 1. The maximum Gasteiger partial charge on any atom is 0.251 e. The zero-order chi connectivity index (χ0) is 20.3. The minimum atomic E-state index is -0.991. The van der Waals surface area contributed by atoms with Gasteiger partial charge in [-0.3, -0.25) is 14.7 Å². The maximum atomic E-state index is 12.6. The zero-order valence-electron chi connectivity index (χ0n) is 15.4. The lowest BCUT2D eigenvalue weighted by molar-refractivity contribution is 0.0293. The van der Waals surface area contributed by atoms with E-state index in [-0.39, 0.29) is 23.8 Å². The molecule has 2 aromatic carbocycles. The molecule has 2 saturated carbocycles. The molecule has 0 spiro atoms. The summed E-state index contributed by atoms with van der Waals surface area (Å²) in [6, 6.07) is 9.96. The number of nitrogens with zero attached hydrogens (tertiary/aromatic N) is 1. The van der Waals surface area contributed by atoms with Gasteiger partial charge in [-0.1, -0.05) is 17.7 Å². The molecule has 1 unspecified atom stereocenters. The fourth-order valence-corrected chi connectivity index (χ4v) is 4.97. The maximum absolute atomic E-state index is 12.6. The Morgan fingerprint density at radius 3 is 2.66 bits per heavy atom. The standard InChI is InChI=1S/C21H19ClN4O3/c22-12-5-16(15-9-24-26-17(15)6-12)21(29)7-13-14(8-21)18(13)25-20(28)11-3-1-2-10(4-11)19(23)27/h1-6,9,13-14,18,29H,7-8H2,(H2,23,27)(H,24,26)(H,25,28)/t13-,14+,18?,21+. The van der Waals surface area contributed by atoms with Crippen LogP contribution in [0, 0.1) is 11.8 Å². The monoisotopic (exact) mass is 410 g/mol. The Morgan fingerprint density at radius 2 is 1.93 bits per heavy atom. The molecule has 2 amide bonds. The summed E-state index contributed by atoms with van der Waals surface area (Å²) in [5, 5.41) is 22.7. The van der Waals surface area contributed by atoms with Crippen LogP contribution in [-0.2, 0) is 5.60 Å². The fraction of sp³-hybridized carbons (Fsp3) is 0.286. The van der Waals surface area contributed by atoms with Gasteiger partial charge in [0, 0.05) is 27.6 Å². The van der Waals surface area contributed by atoms with E-state index >= 15 is 0 Å². The third kappa shape index (κ3) is 2.97. The lowest BCUT2D eigenvalue weighted by atomic mass is 9.86. The highest BCUT2D eigenvalue weighted by atomic mass is 35.5. The molecule has 7 nitrogen and oxygen atoms in total.